The van der Waals surface area contributed by atoms with Crippen molar-refractivity contribution in [3.63, 3.8) is 0 Å². The Hall–Kier alpha value is -1.52. The molecular formula is C15H27N5. The number of rotatable bonds is 4. The summed E-state index contributed by atoms with van der Waals surface area (Å²) in [6.45, 7) is 7.62. The van der Waals surface area contributed by atoms with Gasteiger partial charge in [0.2, 0.25) is 0 Å². The molecule has 5 nitrogen and oxygen atoms in total. The zero-order valence-electron chi connectivity index (χ0n) is 12.9. The first-order valence-electron chi connectivity index (χ1n) is 7.61. The first kappa shape index (κ1) is 14.9. The Balaban J connectivity index is 1.93. The van der Waals surface area contributed by atoms with E-state index in [2.05, 4.69) is 39.3 Å². The zero-order chi connectivity index (χ0) is 14.4. The first-order valence-corrected chi connectivity index (χ1v) is 7.61. The van der Waals surface area contributed by atoms with Crippen LogP contribution >= 0.6 is 0 Å². The molecule has 0 amide bonds. The molecule has 112 valence electrons. The van der Waals surface area contributed by atoms with Crippen LogP contribution < -0.4 is 5.32 Å². The lowest BCUT2D eigenvalue weighted by atomic mass is 9.78. The van der Waals surface area contributed by atoms with Gasteiger partial charge in [-0.15, -0.1) is 0 Å². The monoisotopic (exact) mass is 277 g/mol. The van der Waals surface area contributed by atoms with Crippen LogP contribution in [0.2, 0.25) is 0 Å². The summed E-state index contributed by atoms with van der Waals surface area (Å²) >= 11 is 0. The van der Waals surface area contributed by atoms with Gasteiger partial charge in [-0.05, 0) is 30.7 Å². The van der Waals surface area contributed by atoms with Crippen molar-refractivity contribution in [3.05, 3.63) is 18.0 Å². The van der Waals surface area contributed by atoms with E-state index in [0.29, 0.717) is 5.41 Å². The van der Waals surface area contributed by atoms with Gasteiger partial charge in [-0.1, -0.05) is 20.3 Å². The molecule has 1 aliphatic heterocycles. The van der Waals surface area contributed by atoms with Gasteiger partial charge in [-0.3, -0.25) is 10.1 Å². The Bertz CT molecular complexity index is 421. The summed E-state index contributed by atoms with van der Waals surface area (Å²) in [5.74, 6) is 1.00. The summed E-state index contributed by atoms with van der Waals surface area (Å²) in [6.07, 6.45) is 6.90. The third-order valence-corrected chi connectivity index (χ3v) is 4.14. The van der Waals surface area contributed by atoms with E-state index in [9.17, 15) is 0 Å². The predicted octanol–water partition coefficient (Wildman–Crippen LogP) is 2.39. The summed E-state index contributed by atoms with van der Waals surface area (Å²) in [6, 6.07) is 1.98. The van der Waals surface area contributed by atoms with E-state index in [0.717, 1.165) is 31.3 Å². The summed E-state index contributed by atoms with van der Waals surface area (Å²) in [7, 11) is 1.86. The standard InChI is InChI=1S/C15H27N5/c1-4-7-15(2)8-5-10-20(12-15)14(16-3)17-11-13-6-9-18-19-13/h6,9H,4-5,7-8,10-12H2,1-3H3,(H,16,17)(H,18,19). The molecule has 0 saturated carbocycles. The largest absolute Gasteiger partial charge is 0.351 e. The average Bonchev–Trinajstić information content (AvgIpc) is 2.93. The quantitative estimate of drug-likeness (QED) is 0.656. The number of H-pyrrole nitrogens is 1. The second-order valence-corrected chi connectivity index (χ2v) is 6.07. The van der Waals surface area contributed by atoms with Gasteiger partial charge in [0.25, 0.3) is 0 Å². The van der Waals surface area contributed by atoms with Gasteiger partial charge in [0.05, 0.1) is 12.2 Å². The van der Waals surface area contributed by atoms with Crippen LogP contribution in [0.5, 0.6) is 0 Å². The predicted molar refractivity (Wildman–Crippen MR) is 82.6 cm³/mol. The number of aromatic amines is 1. The fourth-order valence-electron chi connectivity index (χ4n) is 3.19. The molecule has 1 unspecified atom stereocenters. The zero-order valence-corrected chi connectivity index (χ0v) is 12.9. The SMILES string of the molecule is CCCC1(C)CCCN(C(=NC)NCc2ccn[nH]2)C1. The number of likely N-dealkylation sites (tertiary alicyclic amines) is 1. The molecule has 0 aromatic carbocycles. The highest BCUT2D eigenvalue weighted by atomic mass is 15.3. The molecule has 2 heterocycles. The highest BCUT2D eigenvalue weighted by molar-refractivity contribution is 5.80. The van der Waals surface area contributed by atoms with E-state index in [4.69, 9.17) is 0 Å². The van der Waals surface area contributed by atoms with Crippen molar-refractivity contribution in [1.29, 1.82) is 0 Å². The van der Waals surface area contributed by atoms with Gasteiger partial charge >= 0.3 is 0 Å². The van der Waals surface area contributed by atoms with E-state index >= 15 is 0 Å². The van der Waals surface area contributed by atoms with Gasteiger partial charge in [0, 0.05) is 26.3 Å². The molecule has 0 aliphatic carbocycles. The fraction of sp³-hybridized carbons (Fsp3) is 0.733. The molecule has 1 aliphatic rings. The smallest absolute Gasteiger partial charge is 0.193 e. The molecule has 0 bridgehead atoms. The van der Waals surface area contributed by atoms with Crippen LogP contribution in [0.15, 0.2) is 17.3 Å². The molecule has 0 spiro atoms. The molecule has 2 N–H and O–H groups in total. The van der Waals surface area contributed by atoms with E-state index in [1.54, 1.807) is 6.20 Å². The number of guanidine groups is 1. The highest BCUT2D eigenvalue weighted by Gasteiger charge is 2.31. The van der Waals surface area contributed by atoms with Crippen molar-refractivity contribution in [2.45, 2.75) is 46.1 Å². The second-order valence-electron chi connectivity index (χ2n) is 6.07. The number of nitrogens with one attached hydrogen (secondary N) is 2. The molecule has 2 rings (SSSR count). The third kappa shape index (κ3) is 3.74. The van der Waals surface area contributed by atoms with Crippen LogP contribution in [0, 0.1) is 5.41 Å². The Labute approximate surface area is 121 Å². The third-order valence-electron chi connectivity index (χ3n) is 4.14. The van der Waals surface area contributed by atoms with Crippen molar-refractivity contribution in [2.24, 2.45) is 10.4 Å². The lowest BCUT2D eigenvalue weighted by Crippen LogP contribution is -2.49. The number of hydrogen-bond acceptors (Lipinski definition) is 2. The maximum atomic E-state index is 4.43. The first-order chi connectivity index (χ1) is 9.67. The van der Waals surface area contributed by atoms with Crippen molar-refractivity contribution >= 4 is 5.96 Å². The van der Waals surface area contributed by atoms with Crippen LogP contribution in [0.4, 0.5) is 0 Å². The minimum absolute atomic E-state index is 0.429. The number of nitrogens with zero attached hydrogens (tertiary/aromatic N) is 3. The summed E-state index contributed by atoms with van der Waals surface area (Å²) in [5, 5.41) is 10.4. The molecular weight excluding hydrogens is 250 g/mol. The molecule has 1 aromatic heterocycles. The summed E-state index contributed by atoms with van der Waals surface area (Å²) < 4.78 is 0. The van der Waals surface area contributed by atoms with Crippen LogP contribution in [0.1, 0.15) is 45.2 Å². The Morgan fingerprint density at radius 3 is 3.10 bits per heavy atom. The molecule has 1 atom stereocenters. The van der Waals surface area contributed by atoms with E-state index in [-0.39, 0.29) is 0 Å². The topological polar surface area (TPSA) is 56.3 Å². The Morgan fingerprint density at radius 2 is 2.45 bits per heavy atom. The van der Waals surface area contributed by atoms with Crippen LogP contribution in [0.3, 0.4) is 0 Å². The molecule has 1 saturated heterocycles. The molecule has 5 heteroatoms. The minimum atomic E-state index is 0.429. The number of aromatic nitrogens is 2. The normalized spacial score (nSPS) is 23.9. The van der Waals surface area contributed by atoms with Crippen LogP contribution in [-0.2, 0) is 6.54 Å². The number of piperidine rings is 1. The second kappa shape index (κ2) is 6.77. The van der Waals surface area contributed by atoms with Gasteiger partial charge in [0.15, 0.2) is 5.96 Å². The van der Waals surface area contributed by atoms with E-state index in [1.807, 2.05) is 13.1 Å². The molecule has 1 aromatic rings. The lowest BCUT2D eigenvalue weighted by molar-refractivity contribution is 0.142. The summed E-state index contributed by atoms with van der Waals surface area (Å²) in [5.41, 5.74) is 1.51. The number of aliphatic imine (C=N–C) groups is 1. The highest BCUT2D eigenvalue weighted by Crippen LogP contribution is 2.33. The fourth-order valence-corrected chi connectivity index (χ4v) is 3.19. The average molecular weight is 277 g/mol. The maximum Gasteiger partial charge on any atom is 0.193 e. The van der Waals surface area contributed by atoms with E-state index in [1.165, 1.54) is 25.7 Å². The van der Waals surface area contributed by atoms with Crippen molar-refractivity contribution in [2.75, 3.05) is 20.1 Å². The lowest BCUT2D eigenvalue weighted by Gasteiger charge is -2.42. The Kier molecular flexibility index (Phi) is 5.04. The molecule has 0 radical (unpaired) electrons. The van der Waals surface area contributed by atoms with Gasteiger partial charge < -0.3 is 10.2 Å². The van der Waals surface area contributed by atoms with Crippen molar-refractivity contribution in [3.8, 4) is 0 Å². The molecule has 20 heavy (non-hydrogen) atoms. The number of hydrogen-bond donors (Lipinski definition) is 2. The van der Waals surface area contributed by atoms with Crippen molar-refractivity contribution in [1.82, 2.24) is 20.4 Å². The van der Waals surface area contributed by atoms with Gasteiger partial charge in [-0.25, -0.2) is 0 Å². The summed E-state index contributed by atoms with van der Waals surface area (Å²) in [4.78, 5) is 6.83. The van der Waals surface area contributed by atoms with Crippen molar-refractivity contribution < 1.29 is 0 Å². The maximum absolute atomic E-state index is 4.43. The van der Waals surface area contributed by atoms with Gasteiger partial charge in [0.1, 0.15) is 0 Å². The minimum Gasteiger partial charge on any atom is -0.351 e. The molecule has 1 fully saturated rings. The van der Waals surface area contributed by atoms with Gasteiger partial charge in [-0.2, -0.15) is 5.10 Å². The Morgan fingerprint density at radius 1 is 1.60 bits per heavy atom. The van der Waals surface area contributed by atoms with Crippen LogP contribution in [-0.4, -0.2) is 41.2 Å². The van der Waals surface area contributed by atoms with Crippen LogP contribution in [0.25, 0.3) is 0 Å². The van der Waals surface area contributed by atoms with E-state index < -0.39 is 0 Å².